The van der Waals surface area contributed by atoms with Crippen molar-refractivity contribution in [2.24, 2.45) is 5.73 Å². The highest BCUT2D eigenvalue weighted by atomic mass is 35.5. The van der Waals surface area contributed by atoms with Gasteiger partial charge in [-0.05, 0) is 54.3 Å². The number of carbonyl (C=O) groups is 1. The van der Waals surface area contributed by atoms with Gasteiger partial charge in [-0.1, -0.05) is 35.3 Å². The summed E-state index contributed by atoms with van der Waals surface area (Å²) in [5.74, 6) is -0.0349. The van der Waals surface area contributed by atoms with E-state index in [1.165, 1.54) is 5.56 Å². The van der Waals surface area contributed by atoms with Gasteiger partial charge in [-0.2, -0.15) is 0 Å². The first-order valence-corrected chi connectivity index (χ1v) is 9.34. The van der Waals surface area contributed by atoms with E-state index in [1.807, 2.05) is 47.4 Å². The van der Waals surface area contributed by atoms with E-state index in [-0.39, 0.29) is 5.91 Å². The fraction of sp³-hybridized carbons (Fsp3) is 0.250. The molecule has 1 aromatic heterocycles. The molecule has 0 spiro atoms. The van der Waals surface area contributed by atoms with E-state index in [2.05, 4.69) is 4.98 Å². The smallest absolute Gasteiger partial charge is 0.240 e. The Hall–Kier alpha value is -2.01. The molecule has 0 radical (unpaired) electrons. The summed E-state index contributed by atoms with van der Waals surface area (Å²) in [6.45, 7) is 1.21. The Kier molecular flexibility index (Phi) is 4.65. The van der Waals surface area contributed by atoms with Gasteiger partial charge in [-0.25, -0.2) is 0 Å². The normalized spacial score (nSPS) is 15.1. The van der Waals surface area contributed by atoms with Gasteiger partial charge < -0.3 is 15.6 Å². The number of benzene rings is 2. The summed E-state index contributed by atoms with van der Waals surface area (Å²) >= 11 is 12.1. The Labute approximate surface area is 161 Å². The molecule has 134 valence electrons. The van der Waals surface area contributed by atoms with Crippen molar-refractivity contribution in [1.82, 2.24) is 9.88 Å². The minimum atomic E-state index is -0.575. The zero-order chi connectivity index (χ0) is 18.3. The topological polar surface area (TPSA) is 62.1 Å². The molecule has 2 aromatic carbocycles. The Morgan fingerprint density at radius 1 is 1.19 bits per heavy atom. The highest BCUT2D eigenvalue weighted by Crippen LogP contribution is 2.29. The van der Waals surface area contributed by atoms with Crippen LogP contribution in [0.4, 0.5) is 0 Å². The van der Waals surface area contributed by atoms with Gasteiger partial charge in [0.25, 0.3) is 0 Å². The van der Waals surface area contributed by atoms with E-state index in [4.69, 9.17) is 28.9 Å². The maximum absolute atomic E-state index is 12.8. The minimum Gasteiger partial charge on any atom is -0.357 e. The molecule has 3 N–H and O–H groups in total. The van der Waals surface area contributed by atoms with Gasteiger partial charge in [0.1, 0.15) is 0 Å². The number of nitrogens with zero attached hydrogens (tertiary/aromatic N) is 1. The lowest BCUT2D eigenvalue weighted by Crippen LogP contribution is -2.46. The number of carbonyl (C=O) groups excluding carboxylic acids is 1. The van der Waals surface area contributed by atoms with Gasteiger partial charge in [-0.15, -0.1) is 0 Å². The summed E-state index contributed by atoms with van der Waals surface area (Å²) in [6, 6.07) is 12.7. The van der Waals surface area contributed by atoms with E-state index in [1.54, 1.807) is 0 Å². The van der Waals surface area contributed by atoms with Gasteiger partial charge in [0.05, 0.1) is 12.6 Å². The molecular formula is C20H19Cl2N3O. The average Bonchev–Trinajstić information content (AvgIpc) is 2.98. The van der Waals surface area contributed by atoms with Gasteiger partial charge in [0.15, 0.2) is 0 Å². The largest absolute Gasteiger partial charge is 0.357 e. The molecule has 26 heavy (non-hydrogen) atoms. The summed E-state index contributed by atoms with van der Waals surface area (Å²) in [5, 5.41) is 2.52. The van der Waals surface area contributed by atoms with E-state index < -0.39 is 6.04 Å². The molecule has 4 nitrogen and oxygen atoms in total. The fourth-order valence-corrected chi connectivity index (χ4v) is 4.03. The van der Waals surface area contributed by atoms with E-state index in [0.29, 0.717) is 24.5 Å². The number of rotatable bonds is 3. The SMILES string of the molecule is N[C@H](Cc1cccc(Cl)c1)C(=O)N1CCc2c([nH]c3ccc(Cl)cc23)C1. The van der Waals surface area contributed by atoms with Crippen molar-refractivity contribution in [2.45, 2.75) is 25.4 Å². The highest BCUT2D eigenvalue weighted by Gasteiger charge is 2.27. The van der Waals surface area contributed by atoms with Gasteiger partial charge in [-0.3, -0.25) is 4.79 Å². The molecule has 1 atom stereocenters. The van der Waals surface area contributed by atoms with Crippen molar-refractivity contribution in [3.8, 4) is 0 Å². The molecule has 1 aliphatic rings. The lowest BCUT2D eigenvalue weighted by molar-refractivity contribution is -0.133. The van der Waals surface area contributed by atoms with Crippen molar-refractivity contribution >= 4 is 40.0 Å². The molecule has 2 heterocycles. The van der Waals surface area contributed by atoms with Crippen molar-refractivity contribution in [1.29, 1.82) is 0 Å². The van der Waals surface area contributed by atoms with Crippen LogP contribution in [0.2, 0.25) is 10.0 Å². The van der Waals surface area contributed by atoms with Crippen LogP contribution in [0.1, 0.15) is 16.8 Å². The molecule has 1 aliphatic heterocycles. The van der Waals surface area contributed by atoms with Crippen LogP contribution in [0.3, 0.4) is 0 Å². The van der Waals surface area contributed by atoms with Gasteiger partial charge >= 0.3 is 0 Å². The molecular weight excluding hydrogens is 369 g/mol. The number of aromatic nitrogens is 1. The zero-order valence-electron chi connectivity index (χ0n) is 14.1. The molecule has 1 amide bonds. The van der Waals surface area contributed by atoms with Crippen molar-refractivity contribution in [2.75, 3.05) is 6.54 Å². The first-order valence-electron chi connectivity index (χ1n) is 8.59. The van der Waals surface area contributed by atoms with Crippen LogP contribution in [-0.4, -0.2) is 28.4 Å². The standard InChI is InChI=1S/C20H19Cl2N3O/c21-13-3-1-2-12(8-13)9-17(23)20(26)25-7-6-15-16-10-14(22)4-5-18(16)24-19(15)11-25/h1-5,8,10,17,24H,6-7,9,11,23H2/t17-/m1/s1. The predicted molar refractivity (Wildman–Crippen MR) is 106 cm³/mol. The van der Waals surface area contributed by atoms with Crippen molar-refractivity contribution < 1.29 is 4.79 Å². The summed E-state index contributed by atoms with van der Waals surface area (Å²) in [4.78, 5) is 18.0. The molecule has 0 fully saturated rings. The second kappa shape index (κ2) is 6.95. The summed E-state index contributed by atoms with van der Waals surface area (Å²) in [6.07, 6.45) is 1.27. The summed E-state index contributed by atoms with van der Waals surface area (Å²) < 4.78 is 0. The first kappa shape index (κ1) is 17.4. The number of fused-ring (bicyclic) bond motifs is 3. The molecule has 0 aliphatic carbocycles. The Morgan fingerprint density at radius 3 is 2.81 bits per heavy atom. The third kappa shape index (κ3) is 3.32. The van der Waals surface area contributed by atoms with Crippen LogP contribution < -0.4 is 5.73 Å². The Bertz CT molecular complexity index is 982. The molecule has 6 heteroatoms. The number of aromatic amines is 1. The number of hydrogen-bond donors (Lipinski definition) is 2. The molecule has 0 unspecified atom stereocenters. The van der Waals surface area contributed by atoms with Crippen LogP contribution >= 0.6 is 23.2 Å². The third-order valence-corrected chi connectivity index (χ3v) is 5.38. The Morgan fingerprint density at radius 2 is 2.00 bits per heavy atom. The molecule has 0 saturated heterocycles. The minimum absolute atomic E-state index is 0.0349. The van der Waals surface area contributed by atoms with Gasteiger partial charge in [0.2, 0.25) is 5.91 Å². The fourth-order valence-electron chi connectivity index (χ4n) is 3.64. The van der Waals surface area contributed by atoms with Crippen LogP contribution in [0.5, 0.6) is 0 Å². The first-order chi connectivity index (χ1) is 12.5. The second-order valence-electron chi connectivity index (χ2n) is 6.72. The highest BCUT2D eigenvalue weighted by molar-refractivity contribution is 6.31. The second-order valence-corrected chi connectivity index (χ2v) is 7.60. The number of halogens is 2. The quantitative estimate of drug-likeness (QED) is 0.714. The monoisotopic (exact) mass is 387 g/mol. The zero-order valence-corrected chi connectivity index (χ0v) is 15.6. The van der Waals surface area contributed by atoms with E-state index in [9.17, 15) is 4.79 Å². The number of nitrogens with two attached hydrogens (primary N) is 1. The molecule has 0 saturated carbocycles. The van der Waals surface area contributed by atoms with E-state index in [0.717, 1.165) is 33.6 Å². The molecule has 0 bridgehead atoms. The van der Waals surface area contributed by atoms with Crippen LogP contribution in [0, 0.1) is 0 Å². The Balaban J connectivity index is 1.51. The van der Waals surface area contributed by atoms with Crippen LogP contribution in [0.25, 0.3) is 10.9 Å². The van der Waals surface area contributed by atoms with Gasteiger partial charge in [0, 0.05) is 33.2 Å². The lowest BCUT2D eigenvalue weighted by Gasteiger charge is -2.29. The third-order valence-electron chi connectivity index (χ3n) is 4.91. The lowest BCUT2D eigenvalue weighted by atomic mass is 10.0. The number of amides is 1. The molecule has 4 rings (SSSR count). The van der Waals surface area contributed by atoms with Crippen molar-refractivity contribution in [3.05, 3.63) is 69.3 Å². The predicted octanol–water partition coefficient (Wildman–Crippen LogP) is 3.93. The maximum atomic E-state index is 12.8. The summed E-state index contributed by atoms with van der Waals surface area (Å²) in [7, 11) is 0. The van der Waals surface area contributed by atoms with Crippen LogP contribution in [0.15, 0.2) is 42.5 Å². The average molecular weight is 388 g/mol. The number of nitrogens with one attached hydrogen (secondary N) is 1. The molecule has 3 aromatic rings. The number of H-pyrrole nitrogens is 1. The van der Waals surface area contributed by atoms with Crippen molar-refractivity contribution in [3.63, 3.8) is 0 Å². The van der Waals surface area contributed by atoms with Crippen LogP contribution in [-0.2, 0) is 24.2 Å². The number of hydrogen-bond acceptors (Lipinski definition) is 2. The summed E-state index contributed by atoms with van der Waals surface area (Å²) in [5.41, 5.74) is 10.5. The maximum Gasteiger partial charge on any atom is 0.240 e. The van der Waals surface area contributed by atoms with E-state index >= 15 is 0 Å².